The zero-order chi connectivity index (χ0) is 17.5. The number of carbonyl (C=O) groups is 1. The molecule has 138 valence electrons. The third kappa shape index (κ3) is 4.94. The highest BCUT2D eigenvalue weighted by atomic mass is 16.5. The monoisotopic (exact) mass is 345 g/mol. The molecular weight excluding hydrogens is 314 g/mol. The lowest BCUT2D eigenvalue weighted by Crippen LogP contribution is -2.52. The summed E-state index contributed by atoms with van der Waals surface area (Å²) in [6.45, 7) is 4.30. The number of rotatable bonds is 6. The SMILES string of the molecule is CCOC(=O)C(C1CCCCC1)N1CCC(Nc2ccncc2)CC1. The molecule has 5 nitrogen and oxygen atoms in total. The van der Waals surface area contributed by atoms with Gasteiger partial charge < -0.3 is 10.1 Å². The van der Waals surface area contributed by atoms with Gasteiger partial charge in [-0.15, -0.1) is 0 Å². The first-order chi connectivity index (χ1) is 12.3. The predicted octanol–water partition coefficient (Wildman–Crippen LogP) is 3.47. The first-order valence-electron chi connectivity index (χ1n) is 9.85. The molecule has 1 saturated carbocycles. The van der Waals surface area contributed by atoms with Gasteiger partial charge in [0.25, 0.3) is 0 Å². The number of anilines is 1. The zero-order valence-corrected chi connectivity index (χ0v) is 15.3. The molecule has 1 atom stereocenters. The van der Waals surface area contributed by atoms with Crippen molar-refractivity contribution in [3.8, 4) is 0 Å². The summed E-state index contributed by atoms with van der Waals surface area (Å²) >= 11 is 0. The van der Waals surface area contributed by atoms with Crippen molar-refractivity contribution in [2.24, 2.45) is 5.92 Å². The molecule has 5 heteroatoms. The van der Waals surface area contributed by atoms with Crippen molar-refractivity contribution in [1.29, 1.82) is 0 Å². The fraction of sp³-hybridized carbons (Fsp3) is 0.700. The van der Waals surface area contributed by atoms with Gasteiger partial charge in [0.1, 0.15) is 6.04 Å². The van der Waals surface area contributed by atoms with Gasteiger partial charge in [0.2, 0.25) is 0 Å². The van der Waals surface area contributed by atoms with Crippen molar-refractivity contribution < 1.29 is 9.53 Å². The van der Waals surface area contributed by atoms with Crippen LogP contribution in [0.5, 0.6) is 0 Å². The van der Waals surface area contributed by atoms with E-state index in [2.05, 4.69) is 15.2 Å². The molecule has 0 bridgehead atoms. The van der Waals surface area contributed by atoms with Gasteiger partial charge in [0.15, 0.2) is 0 Å². The Kier molecular flexibility index (Phi) is 6.68. The van der Waals surface area contributed by atoms with Gasteiger partial charge in [-0.2, -0.15) is 0 Å². The first-order valence-corrected chi connectivity index (χ1v) is 9.85. The predicted molar refractivity (Wildman–Crippen MR) is 99.5 cm³/mol. The Balaban J connectivity index is 1.58. The fourth-order valence-electron chi connectivity index (χ4n) is 4.32. The second kappa shape index (κ2) is 9.18. The topological polar surface area (TPSA) is 54.5 Å². The zero-order valence-electron chi connectivity index (χ0n) is 15.3. The number of pyridine rings is 1. The van der Waals surface area contributed by atoms with Crippen LogP contribution in [0.25, 0.3) is 0 Å². The van der Waals surface area contributed by atoms with Crippen LogP contribution in [0, 0.1) is 5.92 Å². The van der Waals surface area contributed by atoms with Gasteiger partial charge in [0, 0.05) is 37.2 Å². The quantitative estimate of drug-likeness (QED) is 0.800. The van der Waals surface area contributed by atoms with Crippen LogP contribution < -0.4 is 5.32 Å². The van der Waals surface area contributed by atoms with E-state index in [-0.39, 0.29) is 12.0 Å². The average molecular weight is 345 g/mol. The molecule has 1 unspecified atom stereocenters. The lowest BCUT2D eigenvalue weighted by molar-refractivity contribution is -0.153. The Hall–Kier alpha value is -1.62. The van der Waals surface area contributed by atoms with Crippen molar-refractivity contribution in [2.75, 3.05) is 25.0 Å². The average Bonchev–Trinajstić information content (AvgIpc) is 2.65. The van der Waals surface area contributed by atoms with E-state index in [4.69, 9.17) is 4.74 Å². The Morgan fingerprint density at radius 3 is 2.52 bits per heavy atom. The van der Waals surface area contributed by atoms with Crippen LogP contribution in [0.1, 0.15) is 51.9 Å². The molecule has 3 rings (SSSR count). The van der Waals surface area contributed by atoms with Crippen molar-refractivity contribution in [3.05, 3.63) is 24.5 Å². The van der Waals surface area contributed by atoms with E-state index < -0.39 is 0 Å². The Labute approximate surface area is 151 Å². The van der Waals surface area contributed by atoms with Crippen molar-refractivity contribution in [1.82, 2.24) is 9.88 Å². The highest BCUT2D eigenvalue weighted by molar-refractivity contribution is 5.76. The van der Waals surface area contributed by atoms with Crippen LogP contribution >= 0.6 is 0 Å². The number of aromatic nitrogens is 1. The third-order valence-corrected chi connectivity index (χ3v) is 5.60. The number of hydrogen-bond acceptors (Lipinski definition) is 5. The van der Waals surface area contributed by atoms with Gasteiger partial charge in [0.05, 0.1) is 6.61 Å². The number of hydrogen-bond donors (Lipinski definition) is 1. The minimum atomic E-state index is -0.0397. The van der Waals surface area contributed by atoms with E-state index in [1.807, 2.05) is 31.5 Å². The molecule has 0 radical (unpaired) electrons. The minimum absolute atomic E-state index is 0.00468. The van der Waals surface area contributed by atoms with Crippen LogP contribution in [0.3, 0.4) is 0 Å². The summed E-state index contributed by atoms with van der Waals surface area (Å²) in [4.78, 5) is 19.1. The summed E-state index contributed by atoms with van der Waals surface area (Å²) < 4.78 is 5.43. The maximum Gasteiger partial charge on any atom is 0.323 e. The lowest BCUT2D eigenvalue weighted by atomic mass is 9.82. The summed E-state index contributed by atoms with van der Waals surface area (Å²) in [5.74, 6) is 0.465. The van der Waals surface area contributed by atoms with E-state index in [9.17, 15) is 4.79 Å². The minimum Gasteiger partial charge on any atom is -0.465 e. The van der Waals surface area contributed by atoms with E-state index in [0.717, 1.165) is 31.6 Å². The van der Waals surface area contributed by atoms with Gasteiger partial charge in [-0.3, -0.25) is 14.7 Å². The largest absolute Gasteiger partial charge is 0.465 e. The molecule has 1 aromatic heterocycles. The molecule has 2 aliphatic rings. The maximum atomic E-state index is 12.6. The number of piperidine rings is 1. The highest BCUT2D eigenvalue weighted by Crippen LogP contribution is 2.31. The molecule has 2 heterocycles. The fourth-order valence-corrected chi connectivity index (χ4v) is 4.32. The number of esters is 1. The van der Waals surface area contributed by atoms with Crippen molar-refractivity contribution in [2.45, 2.75) is 64.0 Å². The number of nitrogens with one attached hydrogen (secondary N) is 1. The molecule has 0 amide bonds. The van der Waals surface area contributed by atoms with Gasteiger partial charge in [-0.25, -0.2) is 0 Å². The molecule has 0 aromatic carbocycles. The van der Waals surface area contributed by atoms with Gasteiger partial charge >= 0.3 is 5.97 Å². The molecule has 0 spiro atoms. The maximum absolute atomic E-state index is 12.6. The van der Waals surface area contributed by atoms with Crippen LogP contribution in [-0.2, 0) is 9.53 Å². The van der Waals surface area contributed by atoms with E-state index >= 15 is 0 Å². The normalized spacial score (nSPS) is 21.6. The summed E-state index contributed by atoms with van der Waals surface area (Å²) in [7, 11) is 0. The molecule has 1 aliphatic carbocycles. The molecular formula is C20H31N3O2. The summed E-state index contributed by atoms with van der Waals surface area (Å²) in [5, 5.41) is 3.59. The molecule has 25 heavy (non-hydrogen) atoms. The number of likely N-dealkylation sites (tertiary alicyclic amines) is 1. The summed E-state index contributed by atoms with van der Waals surface area (Å²) in [5.41, 5.74) is 1.13. The Morgan fingerprint density at radius 2 is 1.88 bits per heavy atom. The molecule has 1 saturated heterocycles. The van der Waals surface area contributed by atoms with Crippen LogP contribution in [0.4, 0.5) is 5.69 Å². The highest BCUT2D eigenvalue weighted by Gasteiger charge is 2.37. The van der Waals surface area contributed by atoms with Gasteiger partial charge in [-0.1, -0.05) is 19.3 Å². The van der Waals surface area contributed by atoms with Crippen molar-refractivity contribution in [3.63, 3.8) is 0 Å². The Morgan fingerprint density at radius 1 is 1.20 bits per heavy atom. The second-order valence-corrected chi connectivity index (χ2v) is 7.29. The number of carbonyl (C=O) groups excluding carboxylic acids is 1. The van der Waals surface area contributed by atoms with E-state index in [1.54, 1.807) is 0 Å². The standard InChI is InChI=1S/C20H31N3O2/c1-2-25-20(24)19(16-6-4-3-5-7-16)23-14-10-18(11-15-23)22-17-8-12-21-13-9-17/h8-9,12-13,16,18-19H,2-7,10-11,14-15H2,1H3,(H,21,22). The molecule has 1 aromatic rings. The van der Waals surface area contributed by atoms with E-state index in [1.165, 1.54) is 32.1 Å². The molecule has 1 N–H and O–H groups in total. The molecule has 1 aliphatic heterocycles. The van der Waals surface area contributed by atoms with Crippen molar-refractivity contribution >= 4 is 11.7 Å². The van der Waals surface area contributed by atoms with E-state index in [0.29, 0.717) is 18.6 Å². The first kappa shape index (κ1) is 18.2. The van der Waals surface area contributed by atoms with Crippen LogP contribution in [-0.4, -0.2) is 47.6 Å². The summed E-state index contributed by atoms with van der Waals surface area (Å²) in [6, 6.07) is 4.45. The lowest BCUT2D eigenvalue weighted by Gasteiger charge is -2.41. The second-order valence-electron chi connectivity index (χ2n) is 7.29. The Bertz CT molecular complexity index is 523. The number of ether oxygens (including phenoxy) is 1. The number of nitrogens with zero attached hydrogens (tertiary/aromatic N) is 2. The van der Waals surface area contributed by atoms with Crippen LogP contribution in [0.2, 0.25) is 0 Å². The van der Waals surface area contributed by atoms with Gasteiger partial charge in [-0.05, 0) is 50.7 Å². The molecule has 2 fully saturated rings. The third-order valence-electron chi connectivity index (χ3n) is 5.60. The summed E-state index contributed by atoms with van der Waals surface area (Å²) in [6.07, 6.45) is 11.9. The smallest absolute Gasteiger partial charge is 0.323 e. The van der Waals surface area contributed by atoms with Crippen LogP contribution in [0.15, 0.2) is 24.5 Å².